The van der Waals surface area contributed by atoms with Crippen molar-refractivity contribution in [1.29, 1.82) is 0 Å². The van der Waals surface area contributed by atoms with E-state index >= 15 is 0 Å². The number of imidazole rings is 1. The lowest BCUT2D eigenvalue weighted by atomic mass is 10.2. The molecule has 5 nitrogen and oxygen atoms in total. The largest absolute Gasteiger partial charge is 0.382 e. The average Bonchev–Trinajstić information content (AvgIpc) is 2.65. The molecule has 2 aromatic heterocycles. The van der Waals surface area contributed by atoms with Gasteiger partial charge in [0.05, 0.1) is 5.52 Å². The van der Waals surface area contributed by atoms with E-state index in [-0.39, 0.29) is 12.4 Å². The first kappa shape index (κ1) is 16.7. The summed E-state index contributed by atoms with van der Waals surface area (Å²) in [6.45, 7) is 10.4. The zero-order valence-corrected chi connectivity index (χ0v) is 13.3. The molecule has 2 rings (SSSR count). The molecule has 2 N–H and O–H groups in total. The molecule has 0 saturated heterocycles. The highest BCUT2D eigenvalue weighted by molar-refractivity contribution is 5.86. The molecule has 0 amide bonds. The van der Waals surface area contributed by atoms with Crippen molar-refractivity contribution in [3.05, 3.63) is 17.6 Å². The first-order valence-electron chi connectivity index (χ1n) is 6.72. The van der Waals surface area contributed by atoms with Crippen molar-refractivity contribution < 1.29 is 4.74 Å². The molecule has 0 fully saturated rings. The molecule has 0 radical (unpaired) electrons. The minimum absolute atomic E-state index is 0. The van der Waals surface area contributed by atoms with Crippen LogP contribution in [0.15, 0.2) is 6.07 Å². The van der Waals surface area contributed by atoms with Crippen molar-refractivity contribution >= 4 is 29.3 Å². The van der Waals surface area contributed by atoms with Crippen molar-refractivity contribution in [2.24, 2.45) is 5.92 Å². The van der Waals surface area contributed by atoms with Crippen LogP contribution in [0.25, 0.3) is 11.0 Å². The first-order valence-corrected chi connectivity index (χ1v) is 6.72. The van der Waals surface area contributed by atoms with Gasteiger partial charge in [-0.05, 0) is 25.8 Å². The third kappa shape index (κ3) is 3.41. The number of pyridine rings is 1. The molecule has 6 heteroatoms. The fourth-order valence-electron chi connectivity index (χ4n) is 2.19. The van der Waals surface area contributed by atoms with Gasteiger partial charge in [-0.25, -0.2) is 9.97 Å². The zero-order valence-electron chi connectivity index (χ0n) is 12.5. The number of hydrogen-bond acceptors (Lipinski definition) is 4. The molecular formula is C14H23ClN4O. The standard InChI is InChI=1S/C14H22N4O.ClH/c1-5-19-8-12-17-13-11(18(12)7-9(2)3)6-10(4)16-14(13)15;/h6,9H,5,7-8H2,1-4H3,(H2,15,16);1H. The number of aromatic nitrogens is 3. The SMILES string of the molecule is CCOCc1nc2c(N)nc(C)cc2n1CC(C)C.Cl. The van der Waals surface area contributed by atoms with Crippen molar-refractivity contribution in [2.75, 3.05) is 12.3 Å². The van der Waals surface area contributed by atoms with E-state index in [1.165, 1.54) is 0 Å². The van der Waals surface area contributed by atoms with Crippen LogP contribution in [-0.2, 0) is 17.9 Å². The Hall–Kier alpha value is -1.33. The first-order chi connectivity index (χ1) is 9.02. The van der Waals surface area contributed by atoms with E-state index in [1.54, 1.807) is 0 Å². The van der Waals surface area contributed by atoms with Gasteiger partial charge in [-0.15, -0.1) is 12.4 Å². The van der Waals surface area contributed by atoms with Crippen LogP contribution in [0.1, 0.15) is 32.3 Å². The van der Waals surface area contributed by atoms with Crippen LogP contribution < -0.4 is 5.73 Å². The maximum Gasteiger partial charge on any atom is 0.151 e. The Morgan fingerprint density at radius 2 is 2.05 bits per heavy atom. The molecule has 0 unspecified atom stereocenters. The van der Waals surface area contributed by atoms with E-state index in [4.69, 9.17) is 10.5 Å². The summed E-state index contributed by atoms with van der Waals surface area (Å²) in [4.78, 5) is 8.87. The van der Waals surface area contributed by atoms with Crippen LogP contribution in [0.5, 0.6) is 0 Å². The summed E-state index contributed by atoms with van der Waals surface area (Å²) in [6, 6.07) is 2.04. The summed E-state index contributed by atoms with van der Waals surface area (Å²) in [5.41, 5.74) is 8.71. The van der Waals surface area contributed by atoms with Gasteiger partial charge in [0.1, 0.15) is 17.9 Å². The molecular weight excluding hydrogens is 276 g/mol. The van der Waals surface area contributed by atoms with E-state index in [9.17, 15) is 0 Å². The summed E-state index contributed by atoms with van der Waals surface area (Å²) in [7, 11) is 0. The summed E-state index contributed by atoms with van der Waals surface area (Å²) in [6.07, 6.45) is 0. The minimum atomic E-state index is 0. The van der Waals surface area contributed by atoms with Crippen molar-refractivity contribution in [3.8, 4) is 0 Å². The Morgan fingerprint density at radius 1 is 1.35 bits per heavy atom. The smallest absolute Gasteiger partial charge is 0.151 e. The third-order valence-corrected chi connectivity index (χ3v) is 2.95. The van der Waals surface area contributed by atoms with Crippen molar-refractivity contribution in [2.45, 2.75) is 40.8 Å². The van der Waals surface area contributed by atoms with Gasteiger partial charge < -0.3 is 15.0 Å². The molecule has 2 heterocycles. The van der Waals surface area contributed by atoms with E-state index in [2.05, 4.69) is 28.4 Å². The fourth-order valence-corrected chi connectivity index (χ4v) is 2.19. The predicted molar refractivity (Wildman–Crippen MR) is 84.1 cm³/mol. The van der Waals surface area contributed by atoms with Crippen LogP contribution in [0, 0.1) is 12.8 Å². The Labute approximate surface area is 125 Å². The van der Waals surface area contributed by atoms with Crippen LogP contribution >= 0.6 is 12.4 Å². The number of nitrogens with zero attached hydrogens (tertiary/aromatic N) is 3. The zero-order chi connectivity index (χ0) is 14.0. The van der Waals surface area contributed by atoms with Crippen molar-refractivity contribution in [1.82, 2.24) is 14.5 Å². The summed E-state index contributed by atoms with van der Waals surface area (Å²) < 4.78 is 7.69. The predicted octanol–water partition coefficient (Wildman–Crippen LogP) is 2.94. The Kier molecular flexibility index (Phi) is 5.77. The molecule has 0 spiro atoms. The van der Waals surface area contributed by atoms with Gasteiger partial charge in [-0.3, -0.25) is 0 Å². The van der Waals surface area contributed by atoms with E-state index in [0.29, 0.717) is 24.9 Å². The molecule has 2 aromatic rings. The highest BCUT2D eigenvalue weighted by Crippen LogP contribution is 2.23. The van der Waals surface area contributed by atoms with Gasteiger partial charge in [0.25, 0.3) is 0 Å². The number of halogens is 1. The number of ether oxygens (including phenoxy) is 1. The van der Waals surface area contributed by atoms with Gasteiger partial charge >= 0.3 is 0 Å². The third-order valence-electron chi connectivity index (χ3n) is 2.95. The molecule has 0 bridgehead atoms. The van der Waals surface area contributed by atoms with E-state index < -0.39 is 0 Å². The number of anilines is 1. The Morgan fingerprint density at radius 3 is 2.65 bits per heavy atom. The van der Waals surface area contributed by atoms with E-state index in [0.717, 1.165) is 29.1 Å². The minimum Gasteiger partial charge on any atom is -0.382 e. The molecule has 0 saturated carbocycles. The van der Waals surface area contributed by atoms with Gasteiger partial charge in [-0.2, -0.15) is 0 Å². The monoisotopic (exact) mass is 298 g/mol. The molecule has 0 atom stereocenters. The van der Waals surface area contributed by atoms with Crippen LogP contribution in [0.2, 0.25) is 0 Å². The van der Waals surface area contributed by atoms with E-state index in [1.807, 2.05) is 19.9 Å². The quantitative estimate of drug-likeness (QED) is 0.921. The van der Waals surface area contributed by atoms with Gasteiger partial charge in [0.15, 0.2) is 5.82 Å². The number of aryl methyl sites for hydroxylation is 1. The lowest BCUT2D eigenvalue weighted by Crippen LogP contribution is -2.10. The molecule has 20 heavy (non-hydrogen) atoms. The second-order valence-electron chi connectivity index (χ2n) is 5.19. The molecule has 0 aromatic carbocycles. The van der Waals surface area contributed by atoms with Gasteiger partial charge in [0, 0.05) is 18.8 Å². The Balaban J connectivity index is 0.00000200. The molecule has 112 valence electrons. The highest BCUT2D eigenvalue weighted by Gasteiger charge is 2.15. The second kappa shape index (κ2) is 6.90. The lowest BCUT2D eigenvalue weighted by molar-refractivity contribution is 0.125. The Bertz CT molecular complexity index is 580. The maximum atomic E-state index is 5.97. The summed E-state index contributed by atoms with van der Waals surface area (Å²) >= 11 is 0. The number of hydrogen-bond donors (Lipinski definition) is 1. The topological polar surface area (TPSA) is 66.0 Å². The maximum absolute atomic E-state index is 5.97. The lowest BCUT2D eigenvalue weighted by Gasteiger charge is -2.12. The summed E-state index contributed by atoms with van der Waals surface area (Å²) in [5.74, 6) is 1.95. The molecule has 0 aliphatic carbocycles. The fraction of sp³-hybridized carbons (Fsp3) is 0.571. The molecule has 0 aliphatic rings. The van der Waals surface area contributed by atoms with Crippen molar-refractivity contribution in [3.63, 3.8) is 0 Å². The number of rotatable bonds is 5. The number of fused-ring (bicyclic) bond motifs is 1. The van der Waals surface area contributed by atoms with Gasteiger partial charge in [0.2, 0.25) is 0 Å². The van der Waals surface area contributed by atoms with Crippen LogP contribution in [-0.4, -0.2) is 21.1 Å². The summed E-state index contributed by atoms with van der Waals surface area (Å²) in [5, 5.41) is 0. The number of nitrogens with two attached hydrogens (primary N) is 1. The normalized spacial score (nSPS) is 11.1. The average molecular weight is 299 g/mol. The second-order valence-corrected chi connectivity index (χ2v) is 5.19. The van der Waals surface area contributed by atoms with Crippen LogP contribution in [0.3, 0.4) is 0 Å². The highest BCUT2D eigenvalue weighted by atomic mass is 35.5. The van der Waals surface area contributed by atoms with Gasteiger partial charge in [-0.1, -0.05) is 13.8 Å². The molecule has 0 aliphatic heterocycles. The van der Waals surface area contributed by atoms with Crippen LogP contribution in [0.4, 0.5) is 5.82 Å². The number of nitrogen functional groups attached to an aromatic ring is 1.